The van der Waals surface area contributed by atoms with Crippen molar-refractivity contribution in [1.82, 2.24) is 15.5 Å². The molecule has 0 bridgehead atoms. The number of aromatic nitrogens is 2. The van der Waals surface area contributed by atoms with E-state index in [2.05, 4.69) is 15.5 Å². The van der Waals surface area contributed by atoms with E-state index < -0.39 is 0 Å². The molecule has 1 atom stereocenters. The van der Waals surface area contributed by atoms with Crippen molar-refractivity contribution in [2.45, 2.75) is 38.1 Å². The number of hydrogen-bond donors (Lipinski definition) is 3. The lowest BCUT2D eigenvalue weighted by molar-refractivity contribution is -0.121. The van der Waals surface area contributed by atoms with Crippen LogP contribution in [0.1, 0.15) is 42.1 Å². The topological polar surface area (TPSA) is 83.8 Å². The number of nitrogens with two attached hydrogens (primary N) is 1. The largest absolute Gasteiger partial charge is 0.399 e. The molecule has 1 heterocycles. The molecule has 2 aromatic rings. The Morgan fingerprint density at radius 3 is 3.14 bits per heavy atom. The van der Waals surface area contributed by atoms with Crippen LogP contribution in [0.4, 0.5) is 5.69 Å². The Bertz CT molecular complexity index is 635. The lowest BCUT2D eigenvalue weighted by Gasteiger charge is -2.23. The van der Waals surface area contributed by atoms with Gasteiger partial charge in [0.2, 0.25) is 5.91 Å². The zero-order chi connectivity index (χ0) is 14.7. The maximum atomic E-state index is 12.1. The lowest BCUT2D eigenvalue weighted by Crippen LogP contribution is -2.31. The van der Waals surface area contributed by atoms with Gasteiger partial charge in [-0.3, -0.25) is 9.89 Å². The minimum absolute atomic E-state index is 0.0608. The number of H-pyrrole nitrogens is 1. The van der Waals surface area contributed by atoms with Gasteiger partial charge in [-0.05, 0) is 42.9 Å². The SMILES string of the molecule is Nc1ccccc1CCC(=O)NC1CCCc2cn[nH]c21. The number of carbonyl (C=O) groups excluding carboxylic acids is 1. The molecule has 0 spiro atoms. The number of nitrogen functional groups attached to an aromatic ring is 1. The van der Waals surface area contributed by atoms with Gasteiger partial charge in [0.05, 0.1) is 17.9 Å². The number of para-hydroxylation sites is 1. The molecule has 1 aromatic carbocycles. The number of nitrogens with one attached hydrogen (secondary N) is 2. The zero-order valence-corrected chi connectivity index (χ0v) is 11.9. The van der Waals surface area contributed by atoms with Crippen LogP contribution in [0.5, 0.6) is 0 Å². The van der Waals surface area contributed by atoms with Gasteiger partial charge in [0.1, 0.15) is 0 Å². The summed E-state index contributed by atoms with van der Waals surface area (Å²) in [7, 11) is 0. The number of amides is 1. The average Bonchev–Trinajstić information content (AvgIpc) is 2.96. The molecule has 5 heteroatoms. The van der Waals surface area contributed by atoms with Gasteiger partial charge in [-0.1, -0.05) is 18.2 Å². The predicted octanol–water partition coefficient (Wildman–Crippen LogP) is 2.12. The number of carbonyl (C=O) groups is 1. The molecule has 3 rings (SSSR count). The van der Waals surface area contributed by atoms with Crippen molar-refractivity contribution in [3.8, 4) is 0 Å². The zero-order valence-electron chi connectivity index (χ0n) is 11.9. The fourth-order valence-corrected chi connectivity index (χ4v) is 2.88. The first-order valence-electron chi connectivity index (χ1n) is 7.39. The van der Waals surface area contributed by atoms with Gasteiger partial charge >= 0.3 is 0 Å². The Morgan fingerprint density at radius 2 is 2.29 bits per heavy atom. The van der Waals surface area contributed by atoms with Crippen LogP contribution in [0.25, 0.3) is 0 Å². The summed E-state index contributed by atoms with van der Waals surface area (Å²) in [6.45, 7) is 0. The van der Waals surface area contributed by atoms with Crippen LogP contribution >= 0.6 is 0 Å². The highest BCUT2D eigenvalue weighted by molar-refractivity contribution is 5.77. The first-order chi connectivity index (χ1) is 10.2. The quantitative estimate of drug-likeness (QED) is 0.752. The fourth-order valence-electron chi connectivity index (χ4n) is 2.88. The molecular weight excluding hydrogens is 264 g/mol. The van der Waals surface area contributed by atoms with Crippen LogP contribution in [0.3, 0.4) is 0 Å². The molecule has 0 radical (unpaired) electrons. The molecule has 110 valence electrons. The van der Waals surface area contributed by atoms with E-state index >= 15 is 0 Å². The lowest BCUT2D eigenvalue weighted by atomic mass is 9.93. The second-order valence-corrected chi connectivity index (χ2v) is 5.52. The normalized spacial score (nSPS) is 17.2. The summed E-state index contributed by atoms with van der Waals surface area (Å²) in [6, 6.07) is 7.75. The highest BCUT2D eigenvalue weighted by Gasteiger charge is 2.23. The predicted molar refractivity (Wildman–Crippen MR) is 81.6 cm³/mol. The third-order valence-electron chi connectivity index (χ3n) is 4.05. The van der Waals surface area contributed by atoms with E-state index in [9.17, 15) is 4.79 Å². The molecule has 0 saturated carbocycles. The van der Waals surface area contributed by atoms with E-state index in [1.165, 1.54) is 5.56 Å². The second-order valence-electron chi connectivity index (χ2n) is 5.52. The van der Waals surface area contributed by atoms with E-state index in [0.29, 0.717) is 12.8 Å². The van der Waals surface area contributed by atoms with E-state index in [0.717, 1.165) is 36.2 Å². The maximum absolute atomic E-state index is 12.1. The molecule has 1 aromatic heterocycles. The Hall–Kier alpha value is -2.30. The van der Waals surface area contributed by atoms with Crippen molar-refractivity contribution >= 4 is 11.6 Å². The molecule has 1 unspecified atom stereocenters. The van der Waals surface area contributed by atoms with Crippen LogP contribution in [0.15, 0.2) is 30.5 Å². The Labute approximate surface area is 123 Å². The molecule has 1 aliphatic rings. The summed E-state index contributed by atoms with van der Waals surface area (Å²) in [5, 5.41) is 10.2. The minimum atomic E-state index is 0.0608. The molecule has 1 aliphatic carbocycles. The van der Waals surface area contributed by atoms with Gasteiger partial charge in [0, 0.05) is 12.1 Å². The van der Waals surface area contributed by atoms with Crippen LogP contribution in [0.2, 0.25) is 0 Å². The van der Waals surface area contributed by atoms with E-state index in [1.807, 2.05) is 30.5 Å². The van der Waals surface area contributed by atoms with Crippen molar-refractivity contribution < 1.29 is 4.79 Å². The molecule has 1 amide bonds. The minimum Gasteiger partial charge on any atom is -0.399 e. The Morgan fingerprint density at radius 1 is 1.43 bits per heavy atom. The summed E-state index contributed by atoms with van der Waals surface area (Å²) >= 11 is 0. The van der Waals surface area contributed by atoms with Crippen LogP contribution < -0.4 is 11.1 Å². The first kappa shape index (κ1) is 13.7. The summed E-state index contributed by atoms with van der Waals surface area (Å²) in [6.07, 6.45) is 6.07. The Kier molecular flexibility index (Phi) is 3.90. The standard InChI is InChI=1S/C16H20N4O/c17-13-6-2-1-4-11(13)8-9-15(21)19-14-7-3-5-12-10-18-20-16(12)14/h1-2,4,6,10,14H,3,5,7-9,17H2,(H,18,20)(H,19,21). The summed E-state index contributed by atoms with van der Waals surface area (Å²) in [5.74, 6) is 0.0608. The van der Waals surface area contributed by atoms with Gasteiger partial charge in [-0.2, -0.15) is 5.10 Å². The van der Waals surface area contributed by atoms with Gasteiger partial charge in [-0.15, -0.1) is 0 Å². The fraction of sp³-hybridized carbons (Fsp3) is 0.375. The number of aryl methyl sites for hydroxylation is 2. The van der Waals surface area contributed by atoms with Crippen molar-refractivity contribution in [3.05, 3.63) is 47.3 Å². The average molecular weight is 284 g/mol. The number of fused-ring (bicyclic) bond motifs is 1. The van der Waals surface area contributed by atoms with Crippen molar-refractivity contribution in [2.24, 2.45) is 0 Å². The second kappa shape index (κ2) is 5.99. The molecule has 5 nitrogen and oxygen atoms in total. The molecule has 4 N–H and O–H groups in total. The summed E-state index contributed by atoms with van der Waals surface area (Å²) < 4.78 is 0. The first-order valence-corrected chi connectivity index (χ1v) is 7.39. The number of nitrogens with zero attached hydrogens (tertiary/aromatic N) is 1. The smallest absolute Gasteiger partial charge is 0.220 e. The third kappa shape index (κ3) is 3.07. The maximum Gasteiger partial charge on any atom is 0.220 e. The number of benzene rings is 1. The molecular formula is C16H20N4O. The van der Waals surface area contributed by atoms with E-state index in [1.54, 1.807) is 0 Å². The highest BCUT2D eigenvalue weighted by Crippen LogP contribution is 2.27. The summed E-state index contributed by atoms with van der Waals surface area (Å²) in [5.41, 5.74) is 9.96. The molecule has 0 saturated heterocycles. The Balaban J connectivity index is 1.57. The highest BCUT2D eigenvalue weighted by atomic mass is 16.1. The molecule has 0 aliphatic heterocycles. The van der Waals surface area contributed by atoms with Crippen molar-refractivity contribution in [1.29, 1.82) is 0 Å². The van der Waals surface area contributed by atoms with E-state index in [-0.39, 0.29) is 11.9 Å². The van der Waals surface area contributed by atoms with Crippen LogP contribution in [-0.2, 0) is 17.6 Å². The van der Waals surface area contributed by atoms with E-state index in [4.69, 9.17) is 5.73 Å². The summed E-state index contributed by atoms with van der Waals surface area (Å²) in [4.78, 5) is 12.1. The van der Waals surface area contributed by atoms with Crippen molar-refractivity contribution in [2.75, 3.05) is 5.73 Å². The van der Waals surface area contributed by atoms with Gasteiger partial charge in [0.25, 0.3) is 0 Å². The number of anilines is 1. The monoisotopic (exact) mass is 284 g/mol. The van der Waals surface area contributed by atoms with Crippen LogP contribution in [-0.4, -0.2) is 16.1 Å². The number of aromatic amines is 1. The van der Waals surface area contributed by atoms with Crippen molar-refractivity contribution in [3.63, 3.8) is 0 Å². The van der Waals surface area contributed by atoms with Gasteiger partial charge < -0.3 is 11.1 Å². The third-order valence-corrected chi connectivity index (χ3v) is 4.05. The molecule has 21 heavy (non-hydrogen) atoms. The number of hydrogen-bond acceptors (Lipinski definition) is 3. The van der Waals surface area contributed by atoms with Gasteiger partial charge in [-0.25, -0.2) is 0 Å². The number of rotatable bonds is 4. The van der Waals surface area contributed by atoms with Crippen LogP contribution in [0, 0.1) is 0 Å². The molecule has 0 fully saturated rings. The van der Waals surface area contributed by atoms with Gasteiger partial charge in [0.15, 0.2) is 0 Å².